The van der Waals surface area contributed by atoms with Crippen molar-refractivity contribution in [1.82, 2.24) is 15.2 Å². The van der Waals surface area contributed by atoms with Gasteiger partial charge in [-0.05, 0) is 49.6 Å². The Balaban J connectivity index is 1.51. The number of nitrogens with zero attached hydrogens (tertiary/aromatic N) is 2. The molecule has 142 valence electrons. The number of rotatable bonds is 6. The molecule has 0 unspecified atom stereocenters. The normalized spacial score (nSPS) is 12.2. The summed E-state index contributed by atoms with van der Waals surface area (Å²) in [5.74, 6) is 0.730. The van der Waals surface area contributed by atoms with Gasteiger partial charge in [0.2, 0.25) is 0 Å². The number of aromatic nitrogens is 3. The van der Waals surface area contributed by atoms with Gasteiger partial charge in [-0.1, -0.05) is 36.4 Å². The fourth-order valence-corrected chi connectivity index (χ4v) is 3.37. The average molecular weight is 372 g/mol. The van der Waals surface area contributed by atoms with Crippen LogP contribution in [0, 0.1) is 13.8 Å². The SMILES string of the molecule is Cc1ncc(OC[C@@H](N)Cc2ccccc2)cc1-c1ccc2n[nH]c(C)c2c1. The molecule has 4 aromatic rings. The molecule has 0 radical (unpaired) electrons. The third-order valence-electron chi connectivity index (χ3n) is 4.92. The molecule has 0 saturated carbocycles. The Morgan fingerprint density at radius 3 is 2.71 bits per heavy atom. The van der Waals surface area contributed by atoms with Crippen LogP contribution in [0.1, 0.15) is 17.0 Å². The van der Waals surface area contributed by atoms with Gasteiger partial charge in [0, 0.05) is 28.4 Å². The van der Waals surface area contributed by atoms with Gasteiger partial charge in [0.05, 0.1) is 11.7 Å². The maximum Gasteiger partial charge on any atom is 0.138 e. The van der Waals surface area contributed by atoms with Crippen LogP contribution in [0.25, 0.3) is 22.0 Å². The number of aromatic amines is 1. The molecule has 5 heteroatoms. The first-order valence-electron chi connectivity index (χ1n) is 9.44. The van der Waals surface area contributed by atoms with Crippen LogP contribution in [0.4, 0.5) is 0 Å². The van der Waals surface area contributed by atoms with Gasteiger partial charge in [-0.25, -0.2) is 0 Å². The summed E-state index contributed by atoms with van der Waals surface area (Å²) in [6, 6.07) is 18.4. The number of nitrogens with one attached hydrogen (secondary N) is 1. The molecular formula is C23H24N4O. The topological polar surface area (TPSA) is 76.8 Å². The summed E-state index contributed by atoms with van der Waals surface area (Å²) < 4.78 is 5.95. The van der Waals surface area contributed by atoms with Crippen molar-refractivity contribution < 1.29 is 4.74 Å². The first-order valence-corrected chi connectivity index (χ1v) is 9.44. The number of aryl methyl sites for hydroxylation is 2. The Morgan fingerprint density at radius 2 is 1.89 bits per heavy atom. The van der Waals surface area contributed by atoms with Crippen molar-refractivity contribution in [2.24, 2.45) is 5.73 Å². The molecule has 0 aliphatic carbocycles. The molecule has 2 heterocycles. The number of benzene rings is 2. The zero-order valence-corrected chi connectivity index (χ0v) is 16.1. The van der Waals surface area contributed by atoms with Crippen LogP contribution in [-0.2, 0) is 6.42 Å². The lowest BCUT2D eigenvalue weighted by Gasteiger charge is -2.14. The Kier molecular flexibility index (Phi) is 5.08. The third-order valence-corrected chi connectivity index (χ3v) is 4.92. The molecule has 2 aromatic heterocycles. The van der Waals surface area contributed by atoms with Crippen molar-refractivity contribution in [2.75, 3.05) is 6.61 Å². The molecule has 0 spiro atoms. The van der Waals surface area contributed by atoms with Gasteiger partial charge in [0.15, 0.2) is 0 Å². The van der Waals surface area contributed by atoms with Crippen LogP contribution in [0.15, 0.2) is 60.8 Å². The fourth-order valence-electron chi connectivity index (χ4n) is 3.37. The van der Waals surface area contributed by atoms with Gasteiger partial charge >= 0.3 is 0 Å². The second kappa shape index (κ2) is 7.82. The number of pyridine rings is 1. The Morgan fingerprint density at radius 1 is 1.07 bits per heavy atom. The third kappa shape index (κ3) is 3.89. The molecule has 3 N–H and O–H groups in total. The summed E-state index contributed by atoms with van der Waals surface area (Å²) in [7, 11) is 0. The molecule has 4 rings (SSSR count). The van der Waals surface area contributed by atoms with E-state index in [0.29, 0.717) is 6.61 Å². The quantitative estimate of drug-likeness (QED) is 0.532. The lowest BCUT2D eigenvalue weighted by Crippen LogP contribution is -2.30. The Hall–Kier alpha value is -3.18. The van der Waals surface area contributed by atoms with E-state index in [1.165, 1.54) is 5.56 Å². The molecule has 5 nitrogen and oxygen atoms in total. The van der Waals surface area contributed by atoms with E-state index >= 15 is 0 Å². The van der Waals surface area contributed by atoms with Gasteiger partial charge in [0.1, 0.15) is 12.4 Å². The predicted molar refractivity (Wildman–Crippen MR) is 112 cm³/mol. The van der Waals surface area contributed by atoms with Crippen molar-refractivity contribution in [3.8, 4) is 16.9 Å². The number of hydrogen-bond acceptors (Lipinski definition) is 4. The van der Waals surface area contributed by atoms with Crippen molar-refractivity contribution in [3.63, 3.8) is 0 Å². The molecule has 0 bridgehead atoms. The van der Waals surface area contributed by atoms with Crippen molar-refractivity contribution >= 4 is 10.9 Å². The number of H-pyrrole nitrogens is 1. The minimum Gasteiger partial charge on any atom is -0.490 e. The van der Waals surface area contributed by atoms with E-state index in [-0.39, 0.29) is 6.04 Å². The van der Waals surface area contributed by atoms with Crippen LogP contribution < -0.4 is 10.5 Å². The zero-order valence-electron chi connectivity index (χ0n) is 16.1. The Bertz CT molecular complexity index is 1090. The number of hydrogen-bond donors (Lipinski definition) is 2. The minimum absolute atomic E-state index is 0.0721. The highest BCUT2D eigenvalue weighted by Crippen LogP contribution is 2.29. The highest BCUT2D eigenvalue weighted by molar-refractivity contribution is 5.86. The summed E-state index contributed by atoms with van der Waals surface area (Å²) in [4.78, 5) is 4.52. The summed E-state index contributed by atoms with van der Waals surface area (Å²) in [6.45, 7) is 4.48. The molecular weight excluding hydrogens is 348 g/mol. The van der Waals surface area contributed by atoms with Crippen LogP contribution in [0.3, 0.4) is 0 Å². The van der Waals surface area contributed by atoms with Crippen LogP contribution in [0.5, 0.6) is 5.75 Å². The van der Waals surface area contributed by atoms with Crippen LogP contribution in [-0.4, -0.2) is 27.8 Å². The van der Waals surface area contributed by atoms with Gasteiger partial charge in [0.25, 0.3) is 0 Å². The molecule has 0 amide bonds. The van der Waals surface area contributed by atoms with E-state index in [4.69, 9.17) is 10.5 Å². The highest BCUT2D eigenvalue weighted by Gasteiger charge is 2.10. The molecule has 0 aliphatic heterocycles. The van der Waals surface area contributed by atoms with Gasteiger partial charge in [-0.2, -0.15) is 5.10 Å². The summed E-state index contributed by atoms with van der Waals surface area (Å²) in [6.07, 6.45) is 2.54. The average Bonchev–Trinajstić information content (AvgIpc) is 3.08. The predicted octanol–water partition coefficient (Wildman–Crippen LogP) is 4.19. The first-order chi connectivity index (χ1) is 13.6. The number of fused-ring (bicyclic) bond motifs is 1. The summed E-state index contributed by atoms with van der Waals surface area (Å²) in [5.41, 5.74) is 12.6. The van der Waals surface area contributed by atoms with Gasteiger partial charge < -0.3 is 10.5 Å². The van der Waals surface area contributed by atoms with Crippen LogP contribution >= 0.6 is 0 Å². The van der Waals surface area contributed by atoms with E-state index in [0.717, 1.165) is 45.6 Å². The second-order valence-corrected chi connectivity index (χ2v) is 7.15. The van der Waals surface area contributed by atoms with Crippen molar-refractivity contribution in [2.45, 2.75) is 26.3 Å². The largest absolute Gasteiger partial charge is 0.490 e. The monoisotopic (exact) mass is 372 g/mol. The molecule has 0 fully saturated rings. The standard InChI is InChI=1S/C23H24N4O/c1-15-21(18-8-9-23-22(11-18)16(2)26-27-23)12-20(13-25-15)28-14-19(24)10-17-6-4-3-5-7-17/h3-9,11-13,19H,10,14,24H2,1-2H3,(H,26,27)/t19-/m0/s1. The molecule has 1 atom stereocenters. The molecule has 0 saturated heterocycles. The highest BCUT2D eigenvalue weighted by atomic mass is 16.5. The first kappa shape index (κ1) is 18.2. The van der Waals surface area contributed by atoms with Crippen LogP contribution in [0.2, 0.25) is 0 Å². The molecule has 2 aromatic carbocycles. The Labute approximate surface area is 164 Å². The smallest absolute Gasteiger partial charge is 0.138 e. The minimum atomic E-state index is -0.0721. The van der Waals surface area contributed by atoms with E-state index in [2.05, 4.69) is 39.4 Å². The van der Waals surface area contributed by atoms with E-state index in [9.17, 15) is 0 Å². The van der Waals surface area contributed by atoms with E-state index in [1.54, 1.807) is 6.20 Å². The lowest BCUT2D eigenvalue weighted by molar-refractivity contribution is 0.286. The lowest BCUT2D eigenvalue weighted by atomic mass is 10.0. The fraction of sp³-hybridized carbons (Fsp3) is 0.217. The van der Waals surface area contributed by atoms with Gasteiger partial charge in [-0.15, -0.1) is 0 Å². The van der Waals surface area contributed by atoms with E-state index in [1.807, 2.05) is 44.2 Å². The van der Waals surface area contributed by atoms with Crippen molar-refractivity contribution in [1.29, 1.82) is 0 Å². The maximum absolute atomic E-state index is 6.24. The number of nitrogens with two attached hydrogens (primary N) is 1. The molecule has 28 heavy (non-hydrogen) atoms. The maximum atomic E-state index is 6.24. The second-order valence-electron chi connectivity index (χ2n) is 7.15. The van der Waals surface area contributed by atoms with Gasteiger partial charge in [-0.3, -0.25) is 10.1 Å². The van der Waals surface area contributed by atoms with E-state index < -0.39 is 0 Å². The summed E-state index contributed by atoms with van der Waals surface area (Å²) in [5, 5.41) is 8.45. The zero-order chi connectivity index (χ0) is 19.5. The van der Waals surface area contributed by atoms with Crippen molar-refractivity contribution in [3.05, 3.63) is 77.7 Å². The molecule has 0 aliphatic rings. The summed E-state index contributed by atoms with van der Waals surface area (Å²) >= 11 is 0. The number of ether oxygens (including phenoxy) is 1.